The Balaban J connectivity index is 0.00000242. The Labute approximate surface area is 139 Å². The normalized spacial score (nSPS) is 17.7. The van der Waals surface area contributed by atoms with Crippen molar-refractivity contribution in [3.63, 3.8) is 0 Å². The molecule has 1 aliphatic heterocycles. The third kappa shape index (κ3) is 5.19. The number of rotatable bonds is 4. The van der Waals surface area contributed by atoms with E-state index in [2.05, 4.69) is 5.32 Å². The quantitative estimate of drug-likeness (QED) is 0.888. The first-order valence-corrected chi connectivity index (χ1v) is 7.13. The fourth-order valence-corrected chi connectivity index (χ4v) is 2.75. The standard InChI is InChI=1S/C14H18ClF3N2O.ClH/c1-21-13-8-10(2-3-11(13)15)12(9-14(16,17)18)20-6-4-19-5-7-20;/h2-3,8,12,19H,4-7,9H2,1H3;1H/t12-;/m0./s1. The zero-order valence-electron chi connectivity index (χ0n) is 12.1. The van der Waals surface area contributed by atoms with Crippen LogP contribution >= 0.6 is 24.0 Å². The second kappa shape index (κ2) is 8.24. The molecule has 1 fully saturated rings. The van der Waals surface area contributed by atoms with Crippen molar-refractivity contribution >= 4 is 24.0 Å². The van der Waals surface area contributed by atoms with Crippen LogP contribution in [-0.4, -0.2) is 44.4 Å². The van der Waals surface area contributed by atoms with Crippen molar-refractivity contribution < 1.29 is 17.9 Å². The van der Waals surface area contributed by atoms with E-state index in [0.29, 0.717) is 42.5 Å². The zero-order chi connectivity index (χ0) is 15.5. The van der Waals surface area contributed by atoms with Crippen molar-refractivity contribution in [2.45, 2.75) is 18.6 Å². The van der Waals surface area contributed by atoms with Gasteiger partial charge in [-0.1, -0.05) is 17.7 Å². The molecule has 8 heteroatoms. The first-order valence-electron chi connectivity index (χ1n) is 6.75. The zero-order valence-corrected chi connectivity index (χ0v) is 13.7. The van der Waals surface area contributed by atoms with Gasteiger partial charge in [0.1, 0.15) is 5.75 Å². The van der Waals surface area contributed by atoms with Crippen molar-refractivity contribution in [1.29, 1.82) is 0 Å². The predicted molar refractivity (Wildman–Crippen MR) is 83.1 cm³/mol. The average Bonchev–Trinajstić information content (AvgIpc) is 2.45. The van der Waals surface area contributed by atoms with Crippen molar-refractivity contribution in [1.82, 2.24) is 10.2 Å². The second-order valence-corrected chi connectivity index (χ2v) is 5.42. The minimum atomic E-state index is -4.22. The molecule has 0 amide bonds. The molecular formula is C14H19Cl2F3N2O. The number of benzene rings is 1. The molecule has 0 spiro atoms. The summed E-state index contributed by atoms with van der Waals surface area (Å²) in [4.78, 5) is 1.85. The van der Waals surface area contributed by atoms with E-state index >= 15 is 0 Å². The van der Waals surface area contributed by atoms with Crippen LogP contribution in [0.5, 0.6) is 5.75 Å². The van der Waals surface area contributed by atoms with E-state index in [9.17, 15) is 13.2 Å². The SMILES string of the molecule is COc1cc([C@H](CC(F)(F)F)N2CCNCC2)ccc1Cl.Cl. The summed E-state index contributed by atoms with van der Waals surface area (Å²) in [5.74, 6) is 0.400. The summed E-state index contributed by atoms with van der Waals surface area (Å²) in [7, 11) is 1.45. The van der Waals surface area contributed by atoms with Crippen molar-refractivity contribution in [3.8, 4) is 5.75 Å². The lowest BCUT2D eigenvalue weighted by Crippen LogP contribution is -2.46. The van der Waals surface area contributed by atoms with Crippen molar-refractivity contribution in [2.24, 2.45) is 0 Å². The van der Waals surface area contributed by atoms with Gasteiger partial charge in [0.15, 0.2) is 0 Å². The molecule has 3 nitrogen and oxygen atoms in total. The summed E-state index contributed by atoms with van der Waals surface area (Å²) in [5, 5.41) is 3.54. The number of nitrogens with zero attached hydrogens (tertiary/aromatic N) is 1. The number of nitrogens with one attached hydrogen (secondary N) is 1. The van der Waals surface area contributed by atoms with Crippen LogP contribution in [0.4, 0.5) is 13.2 Å². The molecule has 1 saturated heterocycles. The molecule has 1 N–H and O–H groups in total. The highest BCUT2D eigenvalue weighted by atomic mass is 35.5. The lowest BCUT2D eigenvalue weighted by molar-refractivity contribution is -0.148. The Morgan fingerprint density at radius 1 is 1.32 bits per heavy atom. The molecule has 126 valence electrons. The number of piperazine rings is 1. The molecule has 1 aliphatic rings. The van der Waals surface area contributed by atoms with Gasteiger partial charge in [0, 0.05) is 32.2 Å². The third-order valence-electron chi connectivity index (χ3n) is 3.58. The molecule has 1 aromatic carbocycles. The molecule has 0 radical (unpaired) electrons. The van der Waals surface area contributed by atoms with E-state index in [-0.39, 0.29) is 12.4 Å². The van der Waals surface area contributed by atoms with E-state index in [4.69, 9.17) is 16.3 Å². The molecule has 1 aromatic rings. The van der Waals surface area contributed by atoms with Crippen LogP contribution in [-0.2, 0) is 0 Å². The molecule has 2 rings (SSSR count). The van der Waals surface area contributed by atoms with Gasteiger partial charge in [-0.2, -0.15) is 13.2 Å². The Kier molecular flexibility index (Phi) is 7.25. The summed E-state index contributed by atoms with van der Waals surface area (Å²) in [6, 6.07) is 4.11. The smallest absolute Gasteiger partial charge is 0.390 e. The monoisotopic (exact) mass is 358 g/mol. The van der Waals surface area contributed by atoms with Crippen LogP contribution in [0, 0.1) is 0 Å². The Hall–Kier alpha value is -0.690. The minimum Gasteiger partial charge on any atom is -0.495 e. The highest BCUT2D eigenvalue weighted by Crippen LogP contribution is 2.36. The highest BCUT2D eigenvalue weighted by molar-refractivity contribution is 6.32. The summed E-state index contributed by atoms with van der Waals surface area (Å²) in [5.41, 5.74) is 0.579. The van der Waals surface area contributed by atoms with E-state index < -0.39 is 18.6 Å². The van der Waals surface area contributed by atoms with E-state index in [0.717, 1.165) is 0 Å². The van der Waals surface area contributed by atoms with Gasteiger partial charge in [0.05, 0.1) is 18.6 Å². The number of halogens is 5. The van der Waals surface area contributed by atoms with Gasteiger partial charge < -0.3 is 10.1 Å². The highest BCUT2D eigenvalue weighted by Gasteiger charge is 2.36. The molecule has 0 saturated carbocycles. The molecule has 22 heavy (non-hydrogen) atoms. The van der Waals surface area contributed by atoms with E-state index in [1.54, 1.807) is 18.2 Å². The number of hydrogen-bond donors (Lipinski definition) is 1. The van der Waals surface area contributed by atoms with Crippen LogP contribution in [0.2, 0.25) is 5.02 Å². The molecule has 1 atom stereocenters. The van der Waals surface area contributed by atoms with Gasteiger partial charge in [-0.05, 0) is 17.7 Å². The molecule has 0 aromatic heterocycles. The fourth-order valence-electron chi connectivity index (χ4n) is 2.55. The predicted octanol–water partition coefficient (Wildman–Crippen LogP) is 3.67. The number of ether oxygens (including phenoxy) is 1. The fraction of sp³-hybridized carbons (Fsp3) is 0.571. The number of alkyl halides is 3. The maximum absolute atomic E-state index is 12.9. The largest absolute Gasteiger partial charge is 0.495 e. The second-order valence-electron chi connectivity index (χ2n) is 5.02. The van der Waals surface area contributed by atoms with Crippen LogP contribution in [0.1, 0.15) is 18.0 Å². The summed E-state index contributed by atoms with van der Waals surface area (Å²) in [6.07, 6.45) is -5.10. The van der Waals surface area contributed by atoms with Crippen molar-refractivity contribution in [3.05, 3.63) is 28.8 Å². The lowest BCUT2D eigenvalue weighted by Gasteiger charge is -2.35. The van der Waals surface area contributed by atoms with Gasteiger partial charge in [0.25, 0.3) is 0 Å². The molecular weight excluding hydrogens is 340 g/mol. The molecule has 1 heterocycles. The van der Waals surface area contributed by atoms with Gasteiger partial charge in [-0.25, -0.2) is 0 Å². The molecule has 0 aliphatic carbocycles. The van der Waals surface area contributed by atoms with Crippen LogP contribution < -0.4 is 10.1 Å². The van der Waals surface area contributed by atoms with Crippen LogP contribution in [0.3, 0.4) is 0 Å². The number of hydrogen-bond acceptors (Lipinski definition) is 3. The van der Waals surface area contributed by atoms with Gasteiger partial charge in [-0.15, -0.1) is 12.4 Å². The third-order valence-corrected chi connectivity index (χ3v) is 3.89. The van der Waals surface area contributed by atoms with E-state index in [1.807, 2.05) is 4.90 Å². The van der Waals surface area contributed by atoms with Crippen LogP contribution in [0.15, 0.2) is 18.2 Å². The van der Waals surface area contributed by atoms with E-state index in [1.165, 1.54) is 7.11 Å². The Morgan fingerprint density at radius 3 is 2.50 bits per heavy atom. The molecule has 0 bridgehead atoms. The topological polar surface area (TPSA) is 24.5 Å². The Morgan fingerprint density at radius 2 is 1.95 bits per heavy atom. The maximum atomic E-state index is 12.9. The van der Waals surface area contributed by atoms with Gasteiger partial charge in [-0.3, -0.25) is 4.90 Å². The maximum Gasteiger partial charge on any atom is 0.390 e. The first-order chi connectivity index (χ1) is 9.90. The van der Waals surface area contributed by atoms with Crippen molar-refractivity contribution in [2.75, 3.05) is 33.3 Å². The summed E-state index contributed by atoms with van der Waals surface area (Å²) < 4.78 is 43.8. The first kappa shape index (κ1) is 19.4. The molecule has 0 unspecified atom stereocenters. The lowest BCUT2D eigenvalue weighted by atomic mass is 10.0. The summed E-state index contributed by atoms with van der Waals surface area (Å²) in [6.45, 7) is 2.57. The van der Waals surface area contributed by atoms with Gasteiger partial charge >= 0.3 is 6.18 Å². The summed E-state index contributed by atoms with van der Waals surface area (Å²) >= 11 is 5.95. The Bertz CT molecular complexity index is 480. The van der Waals surface area contributed by atoms with Crippen LogP contribution in [0.25, 0.3) is 0 Å². The van der Waals surface area contributed by atoms with Gasteiger partial charge in [0.2, 0.25) is 0 Å². The minimum absolute atomic E-state index is 0. The number of methoxy groups -OCH3 is 1. The average molecular weight is 359 g/mol.